The molecule has 1 aromatic carbocycles. The van der Waals surface area contributed by atoms with Crippen molar-refractivity contribution < 1.29 is 9.84 Å². The average molecular weight is 357 g/mol. The zero-order chi connectivity index (χ0) is 18.7. The van der Waals surface area contributed by atoms with Gasteiger partial charge in [0.15, 0.2) is 0 Å². The van der Waals surface area contributed by atoms with Crippen molar-refractivity contribution in [1.82, 2.24) is 4.90 Å². The van der Waals surface area contributed by atoms with Crippen LogP contribution < -0.4 is 9.64 Å². The van der Waals surface area contributed by atoms with Gasteiger partial charge in [0.25, 0.3) is 0 Å². The number of rotatable bonds is 6. The molecule has 1 N–H and O–H groups in total. The van der Waals surface area contributed by atoms with Gasteiger partial charge in [0, 0.05) is 37.9 Å². The predicted molar refractivity (Wildman–Crippen MR) is 103 cm³/mol. The van der Waals surface area contributed by atoms with E-state index in [4.69, 9.17) is 10.00 Å². The summed E-state index contributed by atoms with van der Waals surface area (Å²) in [7, 11) is 0. The topological polar surface area (TPSA) is 59.7 Å². The van der Waals surface area contributed by atoms with Gasteiger partial charge in [0.2, 0.25) is 0 Å². The molecule has 1 aromatic rings. The quantitative estimate of drug-likeness (QED) is 0.848. The zero-order valence-corrected chi connectivity index (χ0v) is 16.2. The minimum atomic E-state index is -0.556. The first-order chi connectivity index (χ1) is 12.4. The van der Waals surface area contributed by atoms with Gasteiger partial charge in [0.1, 0.15) is 5.75 Å². The highest BCUT2D eigenvalue weighted by Crippen LogP contribution is 2.43. The SMILES string of the molecule is CCOc1ccc(N2C[C@H]3CN(CC(O)CC#N)CC2C(C)(C)C3)cc1. The molecule has 26 heavy (non-hydrogen) atoms. The van der Waals surface area contributed by atoms with E-state index in [1.54, 1.807) is 0 Å². The first-order valence-electron chi connectivity index (χ1n) is 9.70. The number of nitriles is 1. The number of anilines is 1. The fourth-order valence-corrected chi connectivity index (χ4v) is 4.73. The molecule has 5 heteroatoms. The molecule has 0 aromatic heterocycles. The summed E-state index contributed by atoms with van der Waals surface area (Å²) in [4.78, 5) is 4.90. The number of aliphatic hydroxyl groups excluding tert-OH is 1. The number of nitrogens with zero attached hydrogens (tertiary/aromatic N) is 3. The molecule has 3 aliphatic rings. The van der Waals surface area contributed by atoms with Crippen LogP contribution in [0.4, 0.5) is 5.69 Å². The molecule has 3 fully saturated rings. The molecule has 142 valence electrons. The molecule has 0 amide bonds. The van der Waals surface area contributed by atoms with Crippen LogP contribution in [-0.2, 0) is 0 Å². The van der Waals surface area contributed by atoms with Crippen molar-refractivity contribution in [3.8, 4) is 11.8 Å². The monoisotopic (exact) mass is 357 g/mol. The Hall–Kier alpha value is -1.77. The maximum atomic E-state index is 10.1. The molecule has 3 heterocycles. The summed E-state index contributed by atoms with van der Waals surface area (Å²) in [5.41, 5.74) is 1.46. The minimum absolute atomic E-state index is 0.206. The van der Waals surface area contributed by atoms with Crippen LogP contribution in [0.15, 0.2) is 24.3 Å². The van der Waals surface area contributed by atoms with Crippen LogP contribution in [0.1, 0.15) is 33.6 Å². The molecule has 2 bridgehead atoms. The summed E-state index contributed by atoms with van der Waals surface area (Å²) < 4.78 is 5.58. The smallest absolute Gasteiger partial charge is 0.119 e. The second-order valence-corrected chi connectivity index (χ2v) is 8.39. The Kier molecular flexibility index (Phi) is 5.74. The van der Waals surface area contributed by atoms with Gasteiger partial charge in [-0.2, -0.15) is 5.26 Å². The van der Waals surface area contributed by atoms with E-state index in [0.29, 0.717) is 25.1 Å². The van der Waals surface area contributed by atoms with Gasteiger partial charge in [-0.3, -0.25) is 4.90 Å². The molecule has 3 atom stereocenters. The van der Waals surface area contributed by atoms with Crippen molar-refractivity contribution in [2.24, 2.45) is 11.3 Å². The molecule has 0 saturated carbocycles. The van der Waals surface area contributed by atoms with E-state index >= 15 is 0 Å². The Labute approximate surface area is 157 Å². The van der Waals surface area contributed by atoms with Gasteiger partial charge in [-0.25, -0.2) is 0 Å². The normalized spacial score (nSPS) is 26.2. The molecule has 4 rings (SSSR count). The average Bonchev–Trinajstić information content (AvgIpc) is 2.82. The number of piperidine rings is 1. The lowest BCUT2D eigenvalue weighted by Gasteiger charge is -2.48. The lowest BCUT2D eigenvalue weighted by Crippen LogP contribution is -2.54. The summed E-state index contributed by atoms with van der Waals surface area (Å²) in [5.74, 6) is 1.49. The minimum Gasteiger partial charge on any atom is -0.494 e. The van der Waals surface area contributed by atoms with Crippen molar-refractivity contribution in [2.45, 2.75) is 45.8 Å². The van der Waals surface area contributed by atoms with E-state index in [9.17, 15) is 5.11 Å². The van der Waals surface area contributed by atoms with Crippen LogP contribution in [0.25, 0.3) is 0 Å². The first kappa shape index (κ1) is 19.0. The maximum Gasteiger partial charge on any atom is 0.119 e. The standard InChI is InChI=1S/C21H31N3O2/c1-4-26-19-7-5-17(6-8-19)24-13-16-11-21(2,3)20(24)15-23(12-16)14-18(25)9-10-22/h5-8,16,18,20,25H,4,9,11-15H2,1-3H3/t16-,18?,20?/m1/s1. The second kappa shape index (κ2) is 7.85. The van der Waals surface area contributed by atoms with Crippen LogP contribution in [-0.4, -0.2) is 54.9 Å². The van der Waals surface area contributed by atoms with E-state index in [0.717, 1.165) is 25.4 Å². The van der Waals surface area contributed by atoms with Crippen molar-refractivity contribution in [3.63, 3.8) is 0 Å². The van der Waals surface area contributed by atoms with E-state index < -0.39 is 6.10 Å². The third kappa shape index (κ3) is 4.13. The van der Waals surface area contributed by atoms with Crippen molar-refractivity contribution >= 4 is 5.69 Å². The number of ether oxygens (including phenoxy) is 1. The third-order valence-corrected chi connectivity index (χ3v) is 5.77. The highest BCUT2D eigenvalue weighted by Gasteiger charge is 2.45. The van der Waals surface area contributed by atoms with Gasteiger partial charge in [-0.1, -0.05) is 13.8 Å². The molecule has 3 aliphatic heterocycles. The summed E-state index contributed by atoms with van der Waals surface area (Å²) in [5, 5.41) is 18.9. The number of aliphatic hydroxyl groups is 1. The van der Waals surface area contributed by atoms with E-state index in [-0.39, 0.29) is 11.8 Å². The molecule has 2 unspecified atom stereocenters. The fourth-order valence-electron chi connectivity index (χ4n) is 4.73. The van der Waals surface area contributed by atoms with Crippen LogP contribution in [0, 0.1) is 22.7 Å². The third-order valence-electron chi connectivity index (χ3n) is 5.77. The molecule has 0 spiro atoms. The fraction of sp³-hybridized carbons (Fsp3) is 0.667. The van der Waals surface area contributed by atoms with Gasteiger partial charge >= 0.3 is 0 Å². The molecule has 3 saturated heterocycles. The molecule has 0 radical (unpaired) electrons. The maximum absolute atomic E-state index is 10.1. The van der Waals surface area contributed by atoms with Crippen LogP contribution >= 0.6 is 0 Å². The molecule has 0 aliphatic carbocycles. The second-order valence-electron chi connectivity index (χ2n) is 8.39. The lowest BCUT2D eigenvalue weighted by atomic mass is 9.73. The largest absolute Gasteiger partial charge is 0.494 e. The lowest BCUT2D eigenvalue weighted by molar-refractivity contribution is 0.112. The van der Waals surface area contributed by atoms with Crippen molar-refractivity contribution in [1.29, 1.82) is 5.26 Å². The number of benzene rings is 1. The first-order valence-corrected chi connectivity index (χ1v) is 9.70. The highest BCUT2D eigenvalue weighted by atomic mass is 16.5. The van der Waals surface area contributed by atoms with Crippen molar-refractivity contribution in [2.75, 3.05) is 37.7 Å². The van der Waals surface area contributed by atoms with Gasteiger partial charge < -0.3 is 14.7 Å². The summed E-state index contributed by atoms with van der Waals surface area (Å²) >= 11 is 0. The van der Waals surface area contributed by atoms with Crippen molar-refractivity contribution in [3.05, 3.63) is 24.3 Å². The summed E-state index contributed by atoms with van der Waals surface area (Å²) in [6.45, 7) is 11.0. The number of hydrogen-bond donors (Lipinski definition) is 1. The van der Waals surface area contributed by atoms with Gasteiger partial charge in [-0.05, 0) is 48.9 Å². The molecule has 5 nitrogen and oxygen atoms in total. The van der Waals surface area contributed by atoms with E-state index in [1.807, 2.05) is 6.92 Å². The Bertz CT molecular complexity index is 638. The zero-order valence-electron chi connectivity index (χ0n) is 16.2. The molecular formula is C21H31N3O2. The Morgan fingerprint density at radius 1 is 1.27 bits per heavy atom. The summed E-state index contributed by atoms with van der Waals surface area (Å²) in [6, 6.07) is 10.9. The van der Waals surface area contributed by atoms with Crippen LogP contribution in [0.3, 0.4) is 0 Å². The Morgan fingerprint density at radius 3 is 2.65 bits per heavy atom. The van der Waals surface area contributed by atoms with Gasteiger partial charge in [0.05, 0.1) is 25.2 Å². The van der Waals surface area contributed by atoms with E-state index in [2.05, 4.69) is 54.0 Å². The van der Waals surface area contributed by atoms with Crippen LogP contribution in [0.5, 0.6) is 5.75 Å². The van der Waals surface area contributed by atoms with Gasteiger partial charge in [-0.15, -0.1) is 0 Å². The number of hydrogen-bond acceptors (Lipinski definition) is 5. The van der Waals surface area contributed by atoms with E-state index in [1.165, 1.54) is 12.1 Å². The highest BCUT2D eigenvalue weighted by molar-refractivity contribution is 5.51. The Balaban J connectivity index is 1.79. The molecular weight excluding hydrogens is 326 g/mol. The van der Waals surface area contributed by atoms with Crippen LogP contribution in [0.2, 0.25) is 0 Å². The number of fused-ring (bicyclic) bond motifs is 4. The Morgan fingerprint density at radius 2 is 2.00 bits per heavy atom. The summed E-state index contributed by atoms with van der Waals surface area (Å²) in [6.07, 6.45) is 0.855. The predicted octanol–water partition coefficient (Wildman–Crippen LogP) is 2.90.